The van der Waals surface area contributed by atoms with Crippen LogP contribution in [0.15, 0.2) is 18.2 Å². The van der Waals surface area contributed by atoms with Gasteiger partial charge in [-0.1, -0.05) is 6.07 Å². The third-order valence-electron chi connectivity index (χ3n) is 2.55. The highest BCUT2D eigenvalue weighted by Crippen LogP contribution is 2.19. The first-order chi connectivity index (χ1) is 6.75. The standard InChI is InChI=1S/C12H18N2/c1-9(2)14-12-4-3-10-5-6-13-8-11(10)7-12/h3-4,7,9,13-14H,5-6,8H2,1-2H3. The minimum atomic E-state index is 0.504. The molecular weight excluding hydrogens is 172 g/mol. The maximum absolute atomic E-state index is 3.43. The van der Waals surface area contributed by atoms with Crippen LogP contribution in [0.5, 0.6) is 0 Å². The fourth-order valence-electron chi connectivity index (χ4n) is 1.90. The van der Waals surface area contributed by atoms with Gasteiger partial charge in [0.05, 0.1) is 0 Å². The molecule has 2 N–H and O–H groups in total. The van der Waals surface area contributed by atoms with Gasteiger partial charge in [-0.2, -0.15) is 0 Å². The van der Waals surface area contributed by atoms with Gasteiger partial charge in [0.15, 0.2) is 0 Å². The van der Waals surface area contributed by atoms with Crippen LogP contribution in [0.4, 0.5) is 5.69 Å². The topological polar surface area (TPSA) is 24.1 Å². The van der Waals surface area contributed by atoms with E-state index in [1.54, 1.807) is 0 Å². The summed E-state index contributed by atoms with van der Waals surface area (Å²) >= 11 is 0. The molecule has 0 fully saturated rings. The normalized spacial score (nSPS) is 15.4. The van der Waals surface area contributed by atoms with Gasteiger partial charge in [-0.15, -0.1) is 0 Å². The molecule has 2 nitrogen and oxygen atoms in total. The zero-order valence-corrected chi connectivity index (χ0v) is 8.93. The molecule has 0 unspecified atom stereocenters. The van der Waals surface area contributed by atoms with Crippen LogP contribution in [0.3, 0.4) is 0 Å². The molecule has 2 heteroatoms. The molecule has 1 aromatic carbocycles. The van der Waals surface area contributed by atoms with Gasteiger partial charge in [0.1, 0.15) is 0 Å². The molecule has 0 atom stereocenters. The molecule has 0 spiro atoms. The summed E-state index contributed by atoms with van der Waals surface area (Å²) in [6, 6.07) is 7.21. The summed E-state index contributed by atoms with van der Waals surface area (Å²) in [5.74, 6) is 0. The highest BCUT2D eigenvalue weighted by Gasteiger charge is 2.08. The lowest BCUT2D eigenvalue weighted by molar-refractivity contribution is 0.644. The lowest BCUT2D eigenvalue weighted by Crippen LogP contribution is -2.23. The monoisotopic (exact) mass is 190 g/mol. The lowest BCUT2D eigenvalue weighted by Gasteiger charge is -2.19. The first-order valence-corrected chi connectivity index (χ1v) is 5.35. The largest absolute Gasteiger partial charge is 0.383 e. The van der Waals surface area contributed by atoms with Gasteiger partial charge in [-0.05, 0) is 50.1 Å². The van der Waals surface area contributed by atoms with E-state index in [1.807, 2.05) is 0 Å². The van der Waals surface area contributed by atoms with Gasteiger partial charge in [0.25, 0.3) is 0 Å². The SMILES string of the molecule is CC(C)Nc1ccc2c(c1)CNCC2. The predicted octanol–water partition coefficient (Wildman–Crippen LogP) is 2.15. The number of benzene rings is 1. The minimum Gasteiger partial charge on any atom is -0.383 e. The second-order valence-electron chi connectivity index (χ2n) is 4.21. The maximum Gasteiger partial charge on any atom is 0.0345 e. The van der Waals surface area contributed by atoms with Crippen LogP contribution in [0, 0.1) is 0 Å². The molecule has 1 aliphatic heterocycles. The summed E-state index contributed by atoms with van der Waals surface area (Å²) in [7, 11) is 0. The fraction of sp³-hybridized carbons (Fsp3) is 0.500. The van der Waals surface area contributed by atoms with Crippen molar-refractivity contribution in [2.75, 3.05) is 11.9 Å². The summed E-state index contributed by atoms with van der Waals surface area (Å²) in [5, 5.41) is 6.82. The molecule has 0 amide bonds. The first kappa shape index (κ1) is 9.53. The van der Waals surface area contributed by atoms with Crippen molar-refractivity contribution in [1.82, 2.24) is 5.32 Å². The van der Waals surface area contributed by atoms with Crippen molar-refractivity contribution in [1.29, 1.82) is 0 Å². The molecular formula is C12H18N2. The molecule has 1 heterocycles. The van der Waals surface area contributed by atoms with Crippen molar-refractivity contribution in [3.8, 4) is 0 Å². The highest BCUT2D eigenvalue weighted by molar-refractivity contribution is 5.49. The first-order valence-electron chi connectivity index (χ1n) is 5.35. The van der Waals surface area contributed by atoms with Crippen LogP contribution in [0.25, 0.3) is 0 Å². The van der Waals surface area contributed by atoms with E-state index >= 15 is 0 Å². The zero-order chi connectivity index (χ0) is 9.97. The van der Waals surface area contributed by atoms with Crippen LogP contribution >= 0.6 is 0 Å². The summed E-state index contributed by atoms with van der Waals surface area (Å²) in [6.45, 7) is 6.46. The summed E-state index contributed by atoms with van der Waals surface area (Å²) in [6.07, 6.45) is 1.16. The Morgan fingerprint density at radius 1 is 1.29 bits per heavy atom. The van der Waals surface area contributed by atoms with Crippen LogP contribution in [-0.2, 0) is 13.0 Å². The van der Waals surface area contributed by atoms with Gasteiger partial charge in [0, 0.05) is 18.3 Å². The second kappa shape index (κ2) is 4.01. The van der Waals surface area contributed by atoms with E-state index in [4.69, 9.17) is 0 Å². The van der Waals surface area contributed by atoms with Crippen molar-refractivity contribution in [3.63, 3.8) is 0 Å². The number of fused-ring (bicyclic) bond motifs is 1. The molecule has 0 aliphatic carbocycles. The van der Waals surface area contributed by atoms with E-state index in [1.165, 1.54) is 16.8 Å². The third-order valence-corrected chi connectivity index (χ3v) is 2.55. The van der Waals surface area contributed by atoms with E-state index in [-0.39, 0.29) is 0 Å². The van der Waals surface area contributed by atoms with Gasteiger partial charge in [0.2, 0.25) is 0 Å². The molecule has 76 valence electrons. The lowest BCUT2D eigenvalue weighted by atomic mass is 10.0. The van der Waals surface area contributed by atoms with Crippen LogP contribution in [0.2, 0.25) is 0 Å². The molecule has 14 heavy (non-hydrogen) atoms. The molecule has 1 aliphatic rings. The average molecular weight is 190 g/mol. The van der Waals surface area contributed by atoms with Gasteiger partial charge >= 0.3 is 0 Å². The Bertz CT molecular complexity index is 318. The smallest absolute Gasteiger partial charge is 0.0345 e. The fourth-order valence-corrected chi connectivity index (χ4v) is 1.90. The number of rotatable bonds is 2. The van der Waals surface area contributed by atoms with Crippen molar-refractivity contribution in [2.24, 2.45) is 0 Å². The Labute approximate surface area is 85.7 Å². The Kier molecular flexibility index (Phi) is 2.73. The van der Waals surface area contributed by atoms with E-state index in [0.717, 1.165) is 19.5 Å². The number of anilines is 1. The zero-order valence-electron chi connectivity index (χ0n) is 8.93. The maximum atomic E-state index is 3.43. The van der Waals surface area contributed by atoms with Crippen LogP contribution in [0.1, 0.15) is 25.0 Å². The minimum absolute atomic E-state index is 0.504. The number of hydrogen-bond donors (Lipinski definition) is 2. The van der Waals surface area contributed by atoms with Gasteiger partial charge < -0.3 is 10.6 Å². The van der Waals surface area contributed by atoms with E-state index in [0.29, 0.717) is 6.04 Å². The summed E-state index contributed by atoms with van der Waals surface area (Å²) in [5.41, 5.74) is 4.18. The van der Waals surface area contributed by atoms with Crippen molar-refractivity contribution >= 4 is 5.69 Å². The molecule has 0 aromatic heterocycles. The summed E-state index contributed by atoms with van der Waals surface area (Å²) in [4.78, 5) is 0. The van der Waals surface area contributed by atoms with Crippen LogP contribution < -0.4 is 10.6 Å². The van der Waals surface area contributed by atoms with E-state index in [9.17, 15) is 0 Å². The van der Waals surface area contributed by atoms with E-state index in [2.05, 4.69) is 42.7 Å². The second-order valence-corrected chi connectivity index (χ2v) is 4.21. The molecule has 0 saturated heterocycles. The van der Waals surface area contributed by atoms with E-state index < -0.39 is 0 Å². The molecule has 1 aromatic rings. The quantitative estimate of drug-likeness (QED) is 0.746. The Morgan fingerprint density at radius 3 is 2.93 bits per heavy atom. The molecule has 0 saturated carbocycles. The molecule has 0 bridgehead atoms. The highest BCUT2D eigenvalue weighted by atomic mass is 14.9. The number of hydrogen-bond acceptors (Lipinski definition) is 2. The van der Waals surface area contributed by atoms with Crippen LogP contribution in [-0.4, -0.2) is 12.6 Å². The Balaban J connectivity index is 2.20. The Hall–Kier alpha value is -1.02. The molecule has 0 radical (unpaired) electrons. The average Bonchev–Trinajstić information content (AvgIpc) is 2.17. The van der Waals surface area contributed by atoms with Gasteiger partial charge in [-0.25, -0.2) is 0 Å². The molecule has 2 rings (SSSR count). The third kappa shape index (κ3) is 2.07. The number of nitrogens with one attached hydrogen (secondary N) is 2. The summed E-state index contributed by atoms with van der Waals surface area (Å²) < 4.78 is 0. The van der Waals surface area contributed by atoms with Crippen molar-refractivity contribution in [2.45, 2.75) is 32.9 Å². The Morgan fingerprint density at radius 2 is 2.14 bits per heavy atom. The predicted molar refractivity (Wildman–Crippen MR) is 60.6 cm³/mol. The van der Waals surface area contributed by atoms with Crippen molar-refractivity contribution < 1.29 is 0 Å². The van der Waals surface area contributed by atoms with Gasteiger partial charge in [-0.3, -0.25) is 0 Å². The van der Waals surface area contributed by atoms with Crippen molar-refractivity contribution in [3.05, 3.63) is 29.3 Å².